The van der Waals surface area contributed by atoms with Crippen molar-refractivity contribution in [1.82, 2.24) is 15.0 Å². The lowest BCUT2D eigenvalue weighted by Gasteiger charge is -2.28. The van der Waals surface area contributed by atoms with Crippen LogP contribution < -0.4 is 4.90 Å². The molecule has 3 heterocycles. The van der Waals surface area contributed by atoms with Crippen LogP contribution in [0.25, 0.3) is 10.9 Å². The van der Waals surface area contributed by atoms with Gasteiger partial charge >= 0.3 is 0 Å². The van der Waals surface area contributed by atoms with Gasteiger partial charge < -0.3 is 4.90 Å². The zero-order valence-corrected chi connectivity index (χ0v) is 12.1. The second kappa shape index (κ2) is 4.47. The van der Waals surface area contributed by atoms with Crippen LogP contribution in [0.15, 0.2) is 6.20 Å². The normalized spacial score (nSPS) is 27.8. The molecule has 7 heteroatoms. The molecule has 4 nitrogen and oxygen atoms in total. The van der Waals surface area contributed by atoms with E-state index in [1.165, 1.54) is 0 Å². The van der Waals surface area contributed by atoms with Crippen LogP contribution >= 0.6 is 11.6 Å². The Morgan fingerprint density at radius 1 is 1.38 bits per heavy atom. The van der Waals surface area contributed by atoms with E-state index in [0.717, 1.165) is 12.8 Å². The van der Waals surface area contributed by atoms with Crippen LogP contribution in [-0.2, 0) is 0 Å². The van der Waals surface area contributed by atoms with Gasteiger partial charge in [-0.3, -0.25) is 4.98 Å². The van der Waals surface area contributed by atoms with Gasteiger partial charge in [0.1, 0.15) is 17.5 Å². The number of alkyl halides is 1. The maximum absolute atomic E-state index is 14.2. The summed E-state index contributed by atoms with van der Waals surface area (Å²) >= 11 is 5.94. The highest BCUT2D eigenvalue weighted by molar-refractivity contribution is 6.28. The maximum Gasteiger partial charge on any atom is 0.225 e. The quantitative estimate of drug-likeness (QED) is 0.759. The number of hydrogen-bond donors (Lipinski definition) is 0. The van der Waals surface area contributed by atoms with Gasteiger partial charge in [-0.15, -0.1) is 0 Å². The number of fused-ring (bicyclic) bond motifs is 2. The van der Waals surface area contributed by atoms with E-state index >= 15 is 0 Å². The fourth-order valence-corrected chi connectivity index (χ4v) is 3.43. The van der Waals surface area contributed by atoms with Crippen molar-refractivity contribution >= 4 is 28.3 Å². The van der Waals surface area contributed by atoms with E-state index in [-0.39, 0.29) is 28.5 Å². The Kier molecular flexibility index (Phi) is 2.79. The van der Waals surface area contributed by atoms with Crippen molar-refractivity contribution in [2.75, 3.05) is 11.4 Å². The van der Waals surface area contributed by atoms with Crippen LogP contribution in [0.1, 0.15) is 18.5 Å². The van der Waals surface area contributed by atoms with E-state index in [1.54, 1.807) is 13.1 Å². The first-order chi connectivity index (χ1) is 10.1. The van der Waals surface area contributed by atoms with Gasteiger partial charge in [0, 0.05) is 18.7 Å². The third-order valence-electron chi connectivity index (χ3n) is 4.41. The van der Waals surface area contributed by atoms with Crippen molar-refractivity contribution < 1.29 is 8.78 Å². The Balaban J connectivity index is 1.90. The molecule has 1 aliphatic carbocycles. The Labute approximate surface area is 125 Å². The summed E-state index contributed by atoms with van der Waals surface area (Å²) in [6.45, 7) is 2.26. The zero-order chi connectivity index (χ0) is 14.7. The summed E-state index contributed by atoms with van der Waals surface area (Å²) in [5, 5.41) is 0.461. The highest BCUT2D eigenvalue weighted by Gasteiger charge is 2.56. The van der Waals surface area contributed by atoms with Crippen molar-refractivity contribution in [3.63, 3.8) is 0 Å². The third kappa shape index (κ3) is 1.88. The smallest absolute Gasteiger partial charge is 0.225 e. The fraction of sp³-hybridized carbons (Fsp3) is 0.500. The molecule has 110 valence electrons. The van der Waals surface area contributed by atoms with Gasteiger partial charge in [-0.25, -0.2) is 13.8 Å². The molecule has 1 aliphatic heterocycles. The summed E-state index contributed by atoms with van der Waals surface area (Å²) in [5.74, 6) is 0.0521. The van der Waals surface area contributed by atoms with Gasteiger partial charge in [0.25, 0.3) is 0 Å². The largest absolute Gasteiger partial charge is 0.350 e. The number of aryl methyl sites for hydroxylation is 1. The first-order valence-electron chi connectivity index (χ1n) is 6.97. The molecule has 21 heavy (non-hydrogen) atoms. The second-order valence-corrected chi connectivity index (χ2v) is 6.01. The summed E-state index contributed by atoms with van der Waals surface area (Å²) in [7, 11) is 0. The minimum atomic E-state index is -0.834. The number of pyridine rings is 1. The molecule has 1 saturated carbocycles. The number of halogens is 3. The SMILES string of the molecule is Cc1ncc2c(N3CCCC4C(F)C43)nc(Cl)nc2c1F. The Bertz CT molecular complexity index is 738. The first kappa shape index (κ1) is 13.1. The molecule has 0 bridgehead atoms. The van der Waals surface area contributed by atoms with Crippen LogP contribution in [0, 0.1) is 18.7 Å². The summed E-state index contributed by atoms with van der Waals surface area (Å²) < 4.78 is 28.1. The average molecular weight is 311 g/mol. The predicted molar refractivity (Wildman–Crippen MR) is 75.8 cm³/mol. The number of hydrogen-bond acceptors (Lipinski definition) is 4. The number of anilines is 1. The maximum atomic E-state index is 14.2. The molecule has 2 aromatic heterocycles. The standard InChI is InChI=1S/C14H13ClF2N4/c1-6-9(16)11-8(5-18-6)13(20-14(15)19-11)21-4-2-3-7-10(17)12(7)21/h5,7,10,12H,2-4H2,1H3. The molecule has 1 saturated heterocycles. The number of aromatic nitrogens is 3. The van der Waals surface area contributed by atoms with Crippen molar-refractivity contribution in [3.05, 3.63) is 23.0 Å². The number of rotatable bonds is 1. The van der Waals surface area contributed by atoms with Crippen molar-refractivity contribution in [1.29, 1.82) is 0 Å². The predicted octanol–water partition coefficient (Wildman–Crippen LogP) is 3.06. The summed E-state index contributed by atoms with van der Waals surface area (Å²) in [6.07, 6.45) is 2.50. The second-order valence-electron chi connectivity index (χ2n) is 5.67. The van der Waals surface area contributed by atoms with Gasteiger partial charge in [0.2, 0.25) is 5.28 Å². The summed E-state index contributed by atoms with van der Waals surface area (Å²) in [6, 6.07) is -0.169. The summed E-state index contributed by atoms with van der Waals surface area (Å²) in [4.78, 5) is 14.1. The molecule has 0 aromatic carbocycles. The average Bonchev–Trinajstić information content (AvgIpc) is 3.14. The zero-order valence-electron chi connectivity index (χ0n) is 11.4. The molecule has 4 rings (SSSR count). The third-order valence-corrected chi connectivity index (χ3v) is 4.58. The highest BCUT2D eigenvalue weighted by atomic mass is 35.5. The van der Waals surface area contributed by atoms with Crippen molar-refractivity contribution in [2.45, 2.75) is 32.0 Å². The highest BCUT2D eigenvalue weighted by Crippen LogP contribution is 2.48. The molecule has 2 aliphatic rings. The molecule has 3 atom stereocenters. The molecular formula is C14H13ClF2N4. The van der Waals surface area contributed by atoms with Crippen LogP contribution in [0.5, 0.6) is 0 Å². The molecule has 2 fully saturated rings. The van der Waals surface area contributed by atoms with E-state index in [1.807, 2.05) is 4.90 Å². The van der Waals surface area contributed by atoms with Crippen molar-refractivity contribution in [2.24, 2.45) is 5.92 Å². The van der Waals surface area contributed by atoms with E-state index < -0.39 is 12.0 Å². The van der Waals surface area contributed by atoms with Crippen LogP contribution in [0.2, 0.25) is 5.28 Å². The number of nitrogens with zero attached hydrogens (tertiary/aromatic N) is 4. The van der Waals surface area contributed by atoms with E-state index in [4.69, 9.17) is 11.6 Å². The Morgan fingerprint density at radius 3 is 3.00 bits per heavy atom. The van der Waals surface area contributed by atoms with Gasteiger partial charge in [-0.05, 0) is 31.4 Å². The van der Waals surface area contributed by atoms with Crippen LogP contribution in [-0.4, -0.2) is 33.7 Å². The molecule has 0 spiro atoms. The lowest BCUT2D eigenvalue weighted by Crippen LogP contribution is -2.33. The molecular weight excluding hydrogens is 298 g/mol. The molecule has 0 amide bonds. The van der Waals surface area contributed by atoms with Crippen LogP contribution in [0.3, 0.4) is 0 Å². The van der Waals surface area contributed by atoms with Gasteiger partial charge in [-0.2, -0.15) is 4.98 Å². The molecule has 0 N–H and O–H groups in total. The van der Waals surface area contributed by atoms with E-state index in [2.05, 4.69) is 15.0 Å². The lowest BCUT2D eigenvalue weighted by atomic mass is 10.1. The monoisotopic (exact) mass is 310 g/mol. The minimum absolute atomic E-state index is 0.0276. The van der Waals surface area contributed by atoms with E-state index in [0.29, 0.717) is 17.7 Å². The fourth-order valence-electron chi connectivity index (χ4n) is 3.27. The minimum Gasteiger partial charge on any atom is -0.350 e. The lowest BCUT2D eigenvalue weighted by molar-refractivity contribution is 0.438. The van der Waals surface area contributed by atoms with Gasteiger partial charge in [0.15, 0.2) is 5.82 Å². The number of piperidine rings is 1. The van der Waals surface area contributed by atoms with E-state index in [9.17, 15) is 8.78 Å². The topological polar surface area (TPSA) is 41.9 Å². The van der Waals surface area contributed by atoms with Crippen molar-refractivity contribution in [3.8, 4) is 0 Å². The molecule has 0 radical (unpaired) electrons. The summed E-state index contributed by atoms with van der Waals surface area (Å²) in [5.41, 5.74) is 0.408. The molecule has 3 unspecified atom stereocenters. The first-order valence-corrected chi connectivity index (χ1v) is 7.35. The van der Waals surface area contributed by atoms with Gasteiger partial charge in [0.05, 0.1) is 17.1 Å². The van der Waals surface area contributed by atoms with Gasteiger partial charge in [-0.1, -0.05) is 0 Å². The van der Waals surface area contributed by atoms with Crippen LogP contribution in [0.4, 0.5) is 14.6 Å². The molecule has 2 aromatic rings. The Morgan fingerprint density at radius 2 is 2.19 bits per heavy atom. The Hall–Kier alpha value is -1.56.